The lowest BCUT2D eigenvalue weighted by Crippen LogP contribution is -2.82. The number of hydrogen-bond acceptors (Lipinski definition) is 3. The van der Waals surface area contributed by atoms with Crippen LogP contribution in [0.2, 0.25) is 0 Å². The van der Waals surface area contributed by atoms with E-state index >= 15 is 0 Å². The molecule has 2 aliphatic rings. The first-order valence-corrected chi connectivity index (χ1v) is 6.15. The number of nitrogens with two attached hydrogens (primary N) is 1. The quantitative estimate of drug-likeness (QED) is 0.783. The van der Waals surface area contributed by atoms with Crippen LogP contribution in [0.5, 0.6) is 0 Å². The number of likely N-dealkylation sites (N-methyl/N-ethyl adjacent to an activating group) is 1. The summed E-state index contributed by atoms with van der Waals surface area (Å²) in [7, 11) is 0. The van der Waals surface area contributed by atoms with Gasteiger partial charge in [0.05, 0.1) is 6.10 Å². The van der Waals surface area contributed by atoms with Crippen LogP contribution < -0.4 is 11.1 Å². The minimum atomic E-state index is -0.756. The van der Waals surface area contributed by atoms with Gasteiger partial charge in [-0.2, -0.15) is 0 Å². The lowest BCUT2D eigenvalue weighted by atomic mass is 9.46. The lowest BCUT2D eigenvalue weighted by Gasteiger charge is -2.65. The minimum Gasteiger partial charge on any atom is -0.377 e. The molecule has 0 aromatic rings. The Morgan fingerprint density at radius 2 is 2.18 bits per heavy atom. The van der Waals surface area contributed by atoms with E-state index in [9.17, 15) is 4.79 Å². The molecule has 0 radical (unpaired) electrons. The van der Waals surface area contributed by atoms with Crippen LogP contribution in [-0.4, -0.2) is 30.7 Å². The summed E-state index contributed by atoms with van der Waals surface area (Å²) >= 11 is 0. The molecule has 3 N–H and O–H groups in total. The molecule has 1 amide bonds. The molecule has 2 fully saturated rings. The first-order chi connectivity index (χ1) is 7.46. The van der Waals surface area contributed by atoms with Gasteiger partial charge in [0.15, 0.2) is 0 Å². The van der Waals surface area contributed by atoms with Gasteiger partial charge in [-0.3, -0.25) is 4.79 Å². The summed E-state index contributed by atoms with van der Waals surface area (Å²) < 4.78 is 5.76. The topological polar surface area (TPSA) is 64.4 Å². The maximum atomic E-state index is 12.1. The molecule has 2 rings (SSSR count). The number of carbonyl (C=O) groups excluding carboxylic acids is 1. The molecular weight excluding hydrogens is 240 g/mol. The van der Waals surface area contributed by atoms with E-state index in [-0.39, 0.29) is 35.8 Å². The Kier molecular flexibility index (Phi) is 4.12. The fourth-order valence-electron chi connectivity index (χ4n) is 3.34. The van der Waals surface area contributed by atoms with E-state index in [0.29, 0.717) is 6.54 Å². The van der Waals surface area contributed by atoms with Crippen LogP contribution >= 0.6 is 12.4 Å². The number of nitrogens with one attached hydrogen (secondary N) is 1. The predicted molar refractivity (Wildman–Crippen MR) is 69.1 cm³/mol. The average molecular weight is 263 g/mol. The van der Waals surface area contributed by atoms with Crippen molar-refractivity contribution in [3.05, 3.63) is 0 Å². The van der Waals surface area contributed by atoms with Gasteiger partial charge in [0.25, 0.3) is 0 Å². The highest BCUT2D eigenvalue weighted by Crippen LogP contribution is 2.57. The third-order valence-electron chi connectivity index (χ3n) is 4.40. The highest BCUT2D eigenvalue weighted by atomic mass is 35.5. The largest absolute Gasteiger partial charge is 0.377 e. The monoisotopic (exact) mass is 262 g/mol. The lowest BCUT2D eigenvalue weighted by molar-refractivity contribution is -0.225. The van der Waals surface area contributed by atoms with Crippen molar-refractivity contribution in [2.24, 2.45) is 17.1 Å². The van der Waals surface area contributed by atoms with Gasteiger partial charge in [-0.15, -0.1) is 12.4 Å². The number of halogens is 1. The Bertz CT molecular complexity index is 309. The van der Waals surface area contributed by atoms with Crippen molar-refractivity contribution >= 4 is 18.3 Å². The summed E-state index contributed by atoms with van der Waals surface area (Å²) in [4.78, 5) is 12.1. The molecule has 0 spiro atoms. The van der Waals surface area contributed by atoms with E-state index in [4.69, 9.17) is 10.5 Å². The minimum absolute atomic E-state index is 0. The molecule has 5 heteroatoms. The van der Waals surface area contributed by atoms with E-state index in [0.717, 1.165) is 19.4 Å². The molecule has 3 unspecified atom stereocenters. The number of amides is 1. The van der Waals surface area contributed by atoms with Gasteiger partial charge in [-0.05, 0) is 19.8 Å². The Morgan fingerprint density at radius 3 is 2.76 bits per heavy atom. The van der Waals surface area contributed by atoms with Gasteiger partial charge >= 0.3 is 0 Å². The van der Waals surface area contributed by atoms with Gasteiger partial charge < -0.3 is 15.8 Å². The van der Waals surface area contributed by atoms with Crippen LogP contribution in [-0.2, 0) is 9.53 Å². The van der Waals surface area contributed by atoms with Crippen molar-refractivity contribution in [2.75, 3.05) is 13.2 Å². The van der Waals surface area contributed by atoms with E-state index in [1.165, 1.54) is 0 Å². The van der Waals surface area contributed by atoms with Crippen molar-refractivity contribution in [3.63, 3.8) is 0 Å². The second-order valence-electron chi connectivity index (χ2n) is 5.49. The fourth-order valence-corrected chi connectivity index (χ4v) is 3.34. The van der Waals surface area contributed by atoms with Crippen molar-refractivity contribution < 1.29 is 9.53 Å². The Balaban J connectivity index is 0.00000144. The predicted octanol–water partition coefficient (Wildman–Crippen LogP) is 1.08. The summed E-state index contributed by atoms with van der Waals surface area (Å²) in [6, 6.07) is 0. The zero-order valence-corrected chi connectivity index (χ0v) is 11.6. The van der Waals surface area contributed by atoms with Crippen molar-refractivity contribution in [1.82, 2.24) is 5.32 Å². The molecule has 1 saturated heterocycles. The molecule has 0 aromatic heterocycles. The first-order valence-electron chi connectivity index (χ1n) is 6.15. The smallest absolute Gasteiger partial charge is 0.241 e. The third-order valence-corrected chi connectivity index (χ3v) is 4.40. The third kappa shape index (κ3) is 1.77. The zero-order valence-electron chi connectivity index (χ0n) is 10.8. The molecule has 100 valence electrons. The standard InChI is InChI=1S/C12H22N2O2.ClH/c1-4-14-10(15)12(13)8-6-5-7-16-9(8)11(12,2)3;/h8-9H,4-7,13H2,1-3H3,(H,14,15);1H. The SMILES string of the molecule is CCNC(=O)C1(N)C2CCCOC2C1(C)C.Cl. The van der Waals surface area contributed by atoms with Crippen LogP contribution in [0.1, 0.15) is 33.6 Å². The molecule has 1 aliphatic heterocycles. The number of carbonyl (C=O) groups is 1. The first kappa shape index (κ1) is 14.7. The van der Waals surface area contributed by atoms with Gasteiger partial charge in [-0.1, -0.05) is 13.8 Å². The highest BCUT2D eigenvalue weighted by molar-refractivity contribution is 5.89. The number of ether oxygens (including phenoxy) is 1. The Morgan fingerprint density at radius 1 is 1.53 bits per heavy atom. The van der Waals surface area contributed by atoms with Crippen molar-refractivity contribution in [3.8, 4) is 0 Å². The average Bonchev–Trinajstić information content (AvgIpc) is 2.28. The van der Waals surface area contributed by atoms with Crippen molar-refractivity contribution in [2.45, 2.75) is 45.3 Å². The van der Waals surface area contributed by atoms with Crippen molar-refractivity contribution in [1.29, 1.82) is 0 Å². The second-order valence-corrected chi connectivity index (χ2v) is 5.49. The molecule has 0 aromatic carbocycles. The van der Waals surface area contributed by atoms with Crippen LogP contribution in [0.25, 0.3) is 0 Å². The van der Waals surface area contributed by atoms with E-state index in [1.54, 1.807) is 0 Å². The zero-order chi connectivity index (χ0) is 12.0. The van der Waals surface area contributed by atoms with Gasteiger partial charge in [0.2, 0.25) is 5.91 Å². The summed E-state index contributed by atoms with van der Waals surface area (Å²) in [5.41, 5.74) is 5.35. The van der Waals surface area contributed by atoms with Crippen LogP contribution in [0, 0.1) is 11.3 Å². The highest BCUT2D eigenvalue weighted by Gasteiger charge is 2.70. The maximum Gasteiger partial charge on any atom is 0.241 e. The van der Waals surface area contributed by atoms with E-state index in [1.807, 2.05) is 20.8 Å². The molecule has 17 heavy (non-hydrogen) atoms. The van der Waals surface area contributed by atoms with Crippen LogP contribution in [0.4, 0.5) is 0 Å². The summed E-state index contributed by atoms with van der Waals surface area (Å²) in [6.45, 7) is 7.42. The molecule has 4 nitrogen and oxygen atoms in total. The summed E-state index contributed by atoms with van der Waals surface area (Å²) in [5, 5.41) is 2.86. The molecule has 0 bridgehead atoms. The Hall–Kier alpha value is -0.320. The molecule has 1 aliphatic carbocycles. The number of rotatable bonds is 2. The Labute approximate surface area is 109 Å². The maximum absolute atomic E-state index is 12.1. The summed E-state index contributed by atoms with van der Waals surface area (Å²) in [6.07, 6.45) is 2.16. The molecule has 1 heterocycles. The van der Waals surface area contributed by atoms with E-state index < -0.39 is 5.54 Å². The normalized spacial score (nSPS) is 38.4. The van der Waals surface area contributed by atoms with Crippen LogP contribution in [0.3, 0.4) is 0 Å². The molecule has 3 atom stereocenters. The molecular formula is C12H23ClN2O2. The summed E-state index contributed by atoms with van der Waals surface area (Å²) in [5.74, 6) is 0.162. The number of fused-ring (bicyclic) bond motifs is 1. The van der Waals surface area contributed by atoms with Crippen LogP contribution in [0.15, 0.2) is 0 Å². The van der Waals surface area contributed by atoms with Gasteiger partial charge in [0.1, 0.15) is 5.54 Å². The number of hydrogen-bond donors (Lipinski definition) is 2. The molecule has 1 saturated carbocycles. The fraction of sp³-hybridized carbons (Fsp3) is 0.917. The van der Waals surface area contributed by atoms with Gasteiger partial charge in [-0.25, -0.2) is 0 Å². The van der Waals surface area contributed by atoms with E-state index in [2.05, 4.69) is 5.32 Å². The second kappa shape index (κ2) is 4.75. The van der Waals surface area contributed by atoms with Gasteiger partial charge in [0, 0.05) is 24.5 Å².